The Hall–Kier alpha value is -1.56. The fourth-order valence-electron chi connectivity index (χ4n) is 2.81. The Labute approximate surface area is 109 Å². The van der Waals surface area contributed by atoms with Gasteiger partial charge in [-0.15, -0.1) is 0 Å². The third-order valence-electron chi connectivity index (χ3n) is 3.87. The maximum Gasteiger partial charge on any atom is 0.146 e. The molecule has 0 radical (unpaired) electrons. The smallest absolute Gasteiger partial charge is 0.146 e. The van der Waals surface area contributed by atoms with Crippen molar-refractivity contribution in [2.45, 2.75) is 39.0 Å². The zero-order valence-corrected chi connectivity index (χ0v) is 11.3. The zero-order valence-electron chi connectivity index (χ0n) is 11.3. The van der Waals surface area contributed by atoms with E-state index in [2.05, 4.69) is 23.0 Å². The number of anilines is 1. The minimum atomic E-state index is 0.718. The molecule has 3 nitrogen and oxygen atoms in total. The van der Waals surface area contributed by atoms with Gasteiger partial charge in [0.05, 0.1) is 5.56 Å². The second-order valence-electron chi connectivity index (χ2n) is 5.32. The first-order valence-electron chi connectivity index (χ1n) is 6.79. The highest BCUT2D eigenvalue weighted by molar-refractivity contribution is 5.56. The van der Waals surface area contributed by atoms with E-state index in [4.69, 9.17) is 0 Å². The maximum atomic E-state index is 9.24. The minimum Gasteiger partial charge on any atom is -0.358 e. The molecule has 0 amide bonds. The molecule has 3 heteroatoms. The van der Waals surface area contributed by atoms with Crippen LogP contribution in [-0.4, -0.2) is 18.6 Å². The fourth-order valence-corrected chi connectivity index (χ4v) is 2.81. The van der Waals surface area contributed by atoms with Gasteiger partial charge in [-0.2, -0.15) is 5.26 Å². The number of hydrogen-bond donors (Lipinski definition) is 0. The Bertz CT molecular complexity index is 442. The number of pyridine rings is 1. The second kappa shape index (κ2) is 5.86. The lowest BCUT2D eigenvalue weighted by Crippen LogP contribution is -2.28. The largest absolute Gasteiger partial charge is 0.358 e. The van der Waals surface area contributed by atoms with Crippen LogP contribution in [0, 0.1) is 24.2 Å². The van der Waals surface area contributed by atoms with Crippen LogP contribution in [0.15, 0.2) is 12.3 Å². The van der Waals surface area contributed by atoms with Gasteiger partial charge in [-0.1, -0.05) is 19.3 Å². The molecular formula is C15H21N3. The van der Waals surface area contributed by atoms with Gasteiger partial charge >= 0.3 is 0 Å². The number of aromatic nitrogens is 1. The van der Waals surface area contributed by atoms with E-state index >= 15 is 0 Å². The van der Waals surface area contributed by atoms with E-state index in [1.54, 1.807) is 6.20 Å². The molecule has 1 aliphatic carbocycles. The summed E-state index contributed by atoms with van der Waals surface area (Å²) in [5.74, 6) is 1.60. The predicted octanol–water partition coefficient (Wildman–Crippen LogP) is 3.28. The van der Waals surface area contributed by atoms with Gasteiger partial charge in [0, 0.05) is 19.8 Å². The van der Waals surface area contributed by atoms with Crippen LogP contribution in [0.1, 0.15) is 43.2 Å². The first kappa shape index (κ1) is 12.9. The highest BCUT2D eigenvalue weighted by Gasteiger charge is 2.18. The second-order valence-corrected chi connectivity index (χ2v) is 5.32. The van der Waals surface area contributed by atoms with Crippen molar-refractivity contribution in [3.63, 3.8) is 0 Å². The number of nitriles is 1. The van der Waals surface area contributed by atoms with E-state index in [-0.39, 0.29) is 0 Å². The monoisotopic (exact) mass is 243 g/mol. The summed E-state index contributed by atoms with van der Waals surface area (Å²) in [5.41, 5.74) is 1.73. The normalized spacial score (nSPS) is 16.3. The lowest BCUT2D eigenvalue weighted by atomic mass is 9.89. The van der Waals surface area contributed by atoms with E-state index in [0.29, 0.717) is 0 Å². The zero-order chi connectivity index (χ0) is 13.0. The molecular weight excluding hydrogens is 222 g/mol. The lowest BCUT2D eigenvalue weighted by molar-refractivity contribution is 0.361. The van der Waals surface area contributed by atoms with Crippen LogP contribution in [0.4, 0.5) is 5.82 Å². The molecule has 2 rings (SSSR count). The van der Waals surface area contributed by atoms with Crippen LogP contribution in [0.25, 0.3) is 0 Å². The van der Waals surface area contributed by atoms with Crippen molar-refractivity contribution < 1.29 is 0 Å². The summed E-state index contributed by atoms with van der Waals surface area (Å²) in [6.45, 7) is 2.99. The lowest BCUT2D eigenvalue weighted by Gasteiger charge is -2.28. The average molecular weight is 243 g/mol. The van der Waals surface area contributed by atoms with E-state index in [1.807, 2.05) is 13.0 Å². The topological polar surface area (TPSA) is 39.9 Å². The highest BCUT2D eigenvalue weighted by Crippen LogP contribution is 2.26. The molecule has 18 heavy (non-hydrogen) atoms. The predicted molar refractivity (Wildman–Crippen MR) is 73.5 cm³/mol. The molecule has 1 aliphatic rings. The molecule has 1 heterocycles. The molecule has 0 atom stereocenters. The third-order valence-corrected chi connectivity index (χ3v) is 3.87. The average Bonchev–Trinajstić information content (AvgIpc) is 2.39. The van der Waals surface area contributed by atoms with Gasteiger partial charge < -0.3 is 4.90 Å². The summed E-state index contributed by atoms with van der Waals surface area (Å²) < 4.78 is 0. The van der Waals surface area contributed by atoms with Crippen molar-refractivity contribution in [1.82, 2.24) is 4.98 Å². The summed E-state index contributed by atoms with van der Waals surface area (Å²) in [6, 6.07) is 4.18. The van der Waals surface area contributed by atoms with Crippen molar-refractivity contribution in [3.8, 4) is 6.07 Å². The van der Waals surface area contributed by atoms with Gasteiger partial charge in [-0.05, 0) is 37.3 Å². The first-order valence-corrected chi connectivity index (χ1v) is 6.79. The molecule has 0 aliphatic heterocycles. The molecule has 0 bridgehead atoms. The summed E-state index contributed by atoms with van der Waals surface area (Å²) in [4.78, 5) is 6.53. The number of aryl methyl sites for hydroxylation is 1. The van der Waals surface area contributed by atoms with Crippen LogP contribution < -0.4 is 4.90 Å². The SMILES string of the molecule is Cc1ccnc(N(C)CC2CCCCC2)c1C#N. The fraction of sp³-hybridized carbons (Fsp3) is 0.600. The van der Waals surface area contributed by atoms with Crippen molar-refractivity contribution in [1.29, 1.82) is 5.26 Å². The third kappa shape index (κ3) is 2.81. The van der Waals surface area contributed by atoms with Crippen LogP contribution in [0.5, 0.6) is 0 Å². The van der Waals surface area contributed by atoms with E-state index in [1.165, 1.54) is 32.1 Å². The van der Waals surface area contributed by atoms with Crippen LogP contribution in [0.2, 0.25) is 0 Å². The van der Waals surface area contributed by atoms with Gasteiger partial charge in [0.2, 0.25) is 0 Å². The van der Waals surface area contributed by atoms with Crippen LogP contribution >= 0.6 is 0 Å². The maximum absolute atomic E-state index is 9.24. The molecule has 1 fully saturated rings. The van der Waals surface area contributed by atoms with Gasteiger partial charge in [-0.25, -0.2) is 4.98 Å². The summed E-state index contributed by atoms with van der Waals surface area (Å²) in [6.07, 6.45) is 8.51. The first-order chi connectivity index (χ1) is 8.72. The quantitative estimate of drug-likeness (QED) is 0.818. The van der Waals surface area contributed by atoms with E-state index in [0.717, 1.165) is 29.4 Å². The van der Waals surface area contributed by atoms with Crippen LogP contribution in [-0.2, 0) is 0 Å². The molecule has 1 aromatic rings. The molecule has 0 spiro atoms. The molecule has 0 saturated heterocycles. The van der Waals surface area contributed by atoms with Gasteiger partial charge in [0.25, 0.3) is 0 Å². The molecule has 96 valence electrons. The Morgan fingerprint density at radius 3 is 2.78 bits per heavy atom. The van der Waals surface area contributed by atoms with Crippen molar-refractivity contribution in [2.24, 2.45) is 5.92 Å². The summed E-state index contributed by atoms with van der Waals surface area (Å²) >= 11 is 0. The summed E-state index contributed by atoms with van der Waals surface area (Å²) in [7, 11) is 2.05. The van der Waals surface area contributed by atoms with Crippen molar-refractivity contribution in [2.75, 3.05) is 18.5 Å². The molecule has 1 aromatic heterocycles. The number of hydrogen-bond acceptors (Lipinski definition) is 3. The van der Waals surface area contributed by atoms with Gasteiger partial charge in [-0.3, -0.25) is 0 Å². The van der Waals surface area contributed by atoms with Crippen molar-refractivity contribution >= 4 is 5.82 Å². The molecule has 0 unspecified atom stereocenters. The summed E-state index contributed by atoms with van der Waals surface area (Å²) in [5, 5.41) is 9.24. The minimum absolute atomic E-state index is 0.718. The molecule has 0 aromatic carbocycles. The number of nitrogens with zero attached hydrogens (tertiary/aromatic N) is 3. The Kier molecular flexibility index (Phi) is 4.19. The van der Waals surface area contributed by atoms with Crippen molar-refractivity contribution in [3.05, 3.63) is 23.4 Å². The van der Waals surface area contributed by atoms with Crippen LogP contribution in [0.3, 0.4) is 0 Å². The Morgan fingerprint density at radius 1 is 1.39 bits per heavy atom. The van der Waals surface area contributed by atoms with Gasteiger partial charge in [0.15, 0.2) is 0 Å². The number of rotatable bonds is 3. The molecule has 1 saturated carbocycles. The van der Waals surface area contributed by atoms with E-state index < -0.39 is 0 Å². The van der Waals surface area contributed by atoms with Gasteiger partial charge in [0.1, 0.15) is 11.9 Å². The standard InChI is InChI=1S/C15H21N3/c1-12-8-9-17-15(14(12)10-16)18(2)11-13-6-4-3-5-7-13/h8-9,13H,3-7,11H2,1-2H3. The Morgan fingerprint density at radius 2 is 2.11 bits per heavy atom. The highest BCUT2D eigenvalue weighted by atomic mass is 15.2. The van der Waals surface area contributed by atoms with E-state index in [9.17, 15) is 5.26 Å². The molecule has 0 N–H and O–H groups in total. The Balaban J connectivity index is 2.11.